The van der Waals surface area contributed by atoms with Crippen LogP contribution in [0.15, 0.2) is 74.9 Å². The van der Waals surface area contributed by atoms with Crippen molar-refractivity contribution in [2.24, 2.45) is 0 Å². The first-order valence-electron chi connectivity index (χ1n) is 8.74. The van der Waals surface area contributed by atoms with Gasteiger partial charge in [0.2, 0.25) is 5.43 Å². The predicted molar refractivity (Wildman–Crippen MR) is 109 cm³/mol. The van der Waals surface area contributed by atoms with Crippen LogP contribution >= 0.6 is 0 Å². The van der Waals surface area contributed by atoms with Gasteiger partial charge < -0.3 is 4.42 Å². The molecule has 0 aliphatic heterocycles. The fraction of sp³-hybridized carbons (Fsp3) is 0.0909. The average Bonchev–Trinajstić information content (AvgIpc) is 2.69. The van der Waals surface area contributed by atoms with Gasteiger partial charge in [-0.15, -0.1) is 0 Å². The van der Waals surface area contributed by atoms with E-state index in [1.54, 1.807) is 30.5 Å². The van der Waals surface area contributed by atoms with Crippen molar-refractivity contribution in [2.45, 2.75) is 11.8 Å². The molecule has 5 nitrogen and oxygen atoms in total. The molecule has 0 fully saturated rings. The van der Waals surface area contributed by atoms with Crippen LogP contribution in [-0.4, -0.2) is 19.7 Å². The Balaban J connectivity index is 2.04. The molecule has 0 bridgehead atoms. The highest BCUT2D eigenvalue weighted by Gasteiger charge is 2.19. The molecule has 4 rings (SSSR count). The van der Waals surface area contributed by atoms with Crippen molar-refractivity contribution >= 4 is 20.8 Å². The zero-order valence-electron chi connectivity index (χ0n) is 15.6. The number of aromatic nitrogens is 1. The second-order valence-electron chi connectivity index (χ2n) is 6.76. The first kappa shape index (κ1) is 19.0. The second-order valence-corrected chi connectivity index (χ2v) is 8.78. The summed E-state index contributed by atoms with van der Waals surface area (Å²) in [6.45, 7) is 1.83. The maximum atomic E-state index is 13.7. The van der Waals surface area contributed by atoms with Crippen molar-refractivity contribution in [3.8, 4) is 22.5 Å². The number of hydrogen-bond donors (Lipinski definition) is 0. The molecule has 2 aromatic heterocycles. The van der Waals surface area contributed by atoms with Crippen molar-refractivity contribution < 1.29 is 17.2 Å². The van der Waals surface area contributed by atoms with E-state index in [1.807, 2.05) is 6.92 Å². The van der Waals surface area contributed by atoms with Gasteiger partial charge in [0.1, 0.15) is 17.2 Å². The molecule has 29 heavy (non-hydrogen) atoms. The van der Waals surface area contributed by atoms with Crippen LogP contribution in [0.3, 0.4) is 0 Å². The van der Waals surface area contributed by atoms with Crippen LogP contribution in [0.1, 0.15) is 5.69 Å². The zero-order valence-corrected chi connectivity index (χ0v) is 16.5. The van der Waals surface area contributed by atoms with Gasteiger partial charge in [0.25, 0.3) is 0 Å². The topological polar surface area (TPSA) is 77.2 Å². The fourth-order valence-corrected chi connectivity index (χ4v) is 3.73. The smallest absolute Gasteiger partial charge is 0.201 e. The van der Waals surface area contributed by atoms with E-state index in [9.17, 15) is 17.6 Å². The van der Waals surface area contributed by atoms with Crippen molar-refractivity contribution in [3.63, 3.8) is 0 Å². The number of sulfone groups is 1. The molecule has 7 heteroatoms. The Labute approximate surface area is 166 Å². The number of fused-ring (bicyclic) bond motifs is 1. The predicted octanol–water partition coefficient (Wildman–Crippen LogP) is 4.37. The molecule has 0 N–H and O–H groups in total. The van der Waals surface area contributed by atoms with Gasteiger partial charge >= 0.3 is 0 Å². The number of rotatable bonds is 3. The number of halogens is 1. The highest BCUT2D eigenvalue weighted by atomic mass is 32.2. The first-order valence-corrected chi connectivity index (χ1v) is 10.6. The van der Waals surface area contributed by atoms with Crippen LogP contribution in [0.2, 0.25) is 0 Å². The lowest BCUT2D eigenvalue weighted by atomic mass is 9.99. The number of benzene rings is 2. The molecule has 146 valence electrons. The Morgan fingerprint density at radius 3 is 2.28 bits per heavy atom. The highest BCUT2D eigenvalue weighted by Crippen LogP contribution is 2.33. The summed E-state index contributed by atoms with van der Waals surface area (Å²) in [5, 5.41) is 0.122. The largest absolute Gasteiger partial charge is 0.455 e. The zero-order chi connectivity index (χ0) is 20.8. The Morgan fingerprint density at radius 1 is 0.966 bits per heavy atom. The lowest BCUT2D eigenvalue weighted by molar-refractivity contribution is 0.601. The van der Waals surface area contributed by atoms with E-state index < -0.39 is 21.1 Å². The standard InChI is InChI=1S/C22H16FNO4S/c1-13-3-4-15(12-24-13)20-21(25)18-11-16(23)7-10-19(18)28-22(20)14-5-8-17(9-6-14)29(2,26)27/h3-12H,1-2H3. The summed E-state index contributed by atoms with van der Waals surface area (Å²) in [7, 11) is -3.36. The molecular weight excluding hydrogens is 393 g/mol. The lowest BCUT2D eigenvalue weighted by Crippen LogP contribution is -2.08. The quantitative estimate of drug-likeness (QED) is 0.502. The Kier molecular flexibility index (Phi) is 4.55. The summed E-state index contributed by atoms with van der Waals surface area (Å²) in [5.74, 6) is -0.275. The summed E-state index contributed by atoms with van der Waals surface area (Å²) in [6, 6.07) is 13.3. The van der Waals surface area contributed by atoms with Crippen LogP contribution in [0.4, 0.5) is 4.39 Å². The van der Waals surface area contributed by atoms with Crippen molar-refractivity contribution in [1.29, 1.82) is 0 Å². The van der Waals surface area contributed by atoms with E-state index in [-0.39, 0.29) is 27.2 Å². The molecule has 0 radical (unpaired) electrons. The van der Waals surface area contributed by atoms with Crippen molar-refractivity contribution in [2.75, 3.05) is 6.26 Å². The molecule has 0 unspecified atom stereocenters. The number of nitrogens with zero attached hydrogens (tertiary/aromatic N) is 1. The molecule has 0 spiro atoms. The number of hydrogen-bond acceptors (Lipinski definition) is 5. The Hall–Kier alpha value is -3.32. The average molecular weight is 409 g/mol. The molecule has 0 aliphatic rings. The lowest BCUT2D eigenvalue weighted by Gasteiger charge is -2.11. The van der Waals surface area contributed by atoms with Gasteiger partial charge in [-0.2, -0.15) is 0 Å². The third-order valence-corrected chi connectivity index (χ3v) is 5.73. The molecule has 2 heterocycles. The molecule has 4 aromatic rings. The highest BCUT2D eigenvalue weighted by molar-refractivity contribution is 7.90. The van der Waals surface area contributed by atoms with Crippen molar-refractivity contribution in [3.05, 3.63) is 82.5 Å². The molecule has 0 atom stereocenters. The maximum Gasteiger partial charge on any atom is 0.201 e. The molecule has 2 aromatic carbocycles. The van der Waals surface area contributed by atoms with Crippen LogP contribution < -0.4 is 5.43 Å². The fourth-order valence-electron chi connectivity index (χ4n) is 3.10. The second kappa shape index (κ2) is 6.93. The Bertz CT molecular complexity index is 1390. The normalized spacial score (nSPS) is 11.7. The summed E-state index contributed by atoms with van der Waals surface area (Å²) in [6.07, 6.45) is 2.68. The summed E-state index contributed by atoms with van der Waals surface area (Å²) >= 11 is 0. The molecule has 0 aliphatic carbocycles. The SMILES string of the molecule is Cc1ccc(-c2c(-c3ccc(S(C)(=O)=O)cc3)oc3ccc(F)cc3c2=O)cn1. The van der Waals surface area contributed by atoms with Crippen LogP contribution in [-0.2, 0) is 9.84 Å². The van der Waals surface area contributed by atoms with E-state index in [0.717, 1.165) is 18.0 Å². The van der Waals surface area contributed by atoms with E-state index in [0.29, 0.717) is 11.1 Å². The van der Waals surface area contributed by atoms with Gasteiger partial charge in [-0.05, 0) is 55.5 Å². The number of aryl methyl sites for hydroxylation is 1. The van der Waals surface area contributed by atoms with Crippen LogP contribution in [0.25, 0.3) is 33.4 Å². The van der Waals surface area contributed by atoms with Gasteiger partial charge in [-0.25, -0.2) is 12.8 Å². The van der Waals surface area contributed by atoms with Crippen LogP contribution in [0, 0.1) is 12.7 Å². The molecule has 0 saturated heterocycles. The minimum atomic E-state index is -3.36. The van der Waals surface area contributed by atoms with E-state index in [2.05, 4.69) is 4.98 Å². The molecule has 0 saturated carbocycles. The van der Waals surface area contributed by atoms with Gasteiger partial charge in [0.15, 0.2) is 9.84 Å². The van der Waals surface area contributed by atoms with E-state index in [1.165, 1.54) is 24.3 Å². The molecule has 0 amide bonds. The van der Waals surface area contributed by atoms with E-state index in [4.69, 9.17) is 4.42 Å². The summed E-state index contributed by atoms with van der Waals surface area (Å²) < 4.78 is 43.2. The number of pyridine rings is 1. The van der Waals surface area contributed by atoms with Gasteiger partial charge in [-0.1, -0.05) is 6.07 Å². The summed E-state index contributed by atoms with van der Waals surface area (Å²) in [5.41, 5.74) is 1.92. The third kappa shape index (κ3) is 3.56. The van der Waals surface area contributed by atoms with E-state index >= 15 is 0 Å². The first-order chi connectivity index (χ1) is 13.7. The van der Waals surface area contributed by atoms with Gasteiger partial charge in [-0.3, -0.25) is 9.78 Å². The minimum absolute atomic E-state index is 0.122. The third-order valence-electron chi connectivity index (χ3n) is 4.60. The summed E-state index contributed by atoms with van der Waals surface area (Å²) in [4.78, 5) is 17.6. The Morgan fingerprint density at radius 2 is 1.66 bits per heavy atom. The van der Waals surface area contributed by atoms with Gasteiger partial charge in [0.05, 0.1) is 15.8 Å². The van der Waals surface area contributed by atoms with Crippen LogP contribution in [0.5, 0.6) is 0 Å². The van der Waals surface area contributed by atoms with Crippen molar-refractivity contribution in [1.82, 2.24) is 4.98 Å². The monoisotopic (exact) mass is 409 g/mol. The molecular formula is C22H16FNO4S. The maximum absolute atomic E-state index is 13.7. The minimum Gasteiger partial charge on any atom is -0.455 e. The van der Waals surface area contributed by atoms with Gasteiger partial charge in [0, 0.05) is 29.3 Å².